The van der Waals surface area contributed by atoms with Gasteiger partial charge in [0.25, 0.3) is 5.91 Å². The van der Waals surface area contributed by atoms with E-state index in [9.17, 15) is 9.59 Å². The Morgan fingerprint density at radius 2 is 1.92 bits per heavy atom. The highest BCUT2D eigenvalue weighted by molar-refractivity contribution is 6.04. The average molecular weight is 355 g/mol. The molecule has 3 rings (SSSR count). The molecule has 5 nitrogen and oxygen atoms in total. The van der Waals surface area contributed by atoms with Crippen LogP contribution in [0.15, 0.2) is 18.2 Å². The van der Waals surface area contributed by atoms with E-state index >= 15 is 0 Å². The number of para-hydroxylation sites is 1. The fourth-order valence-corrected chi connectivity index (χ4v) is 4.17. The summed E-state index contributed by atoms with van der Waals surface area (Å²) in [5.74, 6) is 0.424. The molecule has 140 valence electrons. The molecule has 2 amide bonds. The maximum Gasteiger partial charge on any atom is 0.271 e. The molecule has 5 heteroatoms. The van der Waals surface area contributed by atoms with Gasteiger partial charge in [0.2, 0.25) is 5.91 Å². The minimum Gasteiger partial charge on any atom is -0.339 e. The molecule has 1 atom stereocenters. The van der Waals surface area contributed by atoms with E-state index in [-0.39, 0.29) is 11.8 Å². The number of rotatable bonds is 3. The average Bonchev–Trinajstić information content (AvgIpc) is 2.83. The summed E-state index contributed by atoms with van der Waals surface area (Å²) < 4.78 is 1.99. The van der Waals surface area contributed by atoms with Crippen LogP contribution in [0.4, 0.5) is 0 Å². The molecule has 1 fully saturated rings. The van der Waals surface area contributed by atoms with Crippen LogP contribution in [0.5, 0.6) is 0 Å². The number of fused-ring (bicyclic) bond motifs is 1. The molecule has 1 aromatic carbocycles. The van der Waals surface area contributed by atoms with Crippen molar-refractivity contribution >= 4 is 22.7 Å². The van der Waals surface area contributed by atoms with E-state index in [1.54, 1.807) is 4.90 Å². The Labute approximate surface area is 155 Å². The summed E-state index contributed by atoms with van der Waals surface area (Å²) in [6.07, 6.45) is 0. The van der Waals surface area contributed by atoms with E-state index < -0.39 is 6.04 Å². The van der Waals surface area contributed by atoms with Gasteiger partial charge in [-0.05, 0) is 37.8 Å². The maximum atomic E-state index is 13.3. The van der Waals surface area contributed by atoms with Crippen molar-refractivity contribution in [1.29, 1.82) is 0 Å². The van der Waals surface area contributed by atoms with Crippen molar-refractivity contribution in [2.75, 3.05) is 19.6 Å². The largest absolute Gasteiger partial charge is 0.339 e. The van der Waals surface area contributed by atoms with Crippen LogP contribution >= 0.6 is 0 Å². The van der Waals surface area contributed by atoms with E-state index in [0.717, 1.165) is 28.6 Å². The number of carbonyl (C=O) groups excluding carboxylic acids is 2. The molecule has 0 radical (unpaired) electrons. The SMILES string of the molecule is Cc1c(C(=O)N2CCN(CC(C)C)C(=O)[C@H]2C)n(C)c2c(C)cccc12. The molecular weight excluding hydrogens is 326 g/mol. The fourth-order valence-electron chi connectivity index (χ4n) is 4.17. The zero-order valence-corrected chi connectivity index (χ0v) is 16.7. The lowest BCUT2D eigenvalue weighted by atomic mass is 10.1. The van der Waals surface area contributed by atoms with Gasteiger partial charge in [0, 0.05) is 32.1 Å². The first-order valence-electron chi connectivity index (χ1n) is 9.38. The Morgan fingerprint density at radius 3 is 2.54 bits per heavy atom. The van der Waals surface area contributed by atoms with Crippen molar-refractivity contribution in [2.45, 2.75) is 40.7 Å². The molecule has 2 heterocycles. The second-order valence-electron chi connectivity index (χ2n) is 7.86. The summed E-state index contributed by atoms with van der Waals surface area (Å²) in [7, 11) is 1.94. The van der Waals surface area contributed by atoms with Gasteiger partial charge in [0.1, 0.15) is 11.7 Å². The first-order valence-corrected chi connectivity index (χ1v) is 9.38. The van der Waals surface area contributed by atoms with E-state index in [4.69, 9.17) is 0 Å². The molecule has 1 aromatic heterocycles. The Hall–Kier alpha value is -2.30. The molecule has 26 heavy (non-hydrogen) atoms. The summed E-state index contributed by atoms with van der Waals surface area (Å²) in [5, 5.41) is 1.10. The third-order valence-electron chi connectivity index (χ3n) is 5.46. The van der Waals surface area contributed by atoms with Crippen LogP contribution in [-0.2, 0) is 11.8 Å². The second-order valence-corrected chi connectivity index (χ2v) is 7.86. The van der Waals surface area contributed by atoms with Crippen molar-refractivity contribution in [3.05, 3.63) is 35.0 Å². The number of benzene rings is 1. The van der Waals surface area contributed by atoms with Crippen LogP contribution in [-0.4, -0.2) is 51.9 Å². The predicted molar refractivity (Wildman–Crippen MR) is 104 cm³/mol. The normalized spacial score (nSPS) is 18.3. The fraction of sp³-hybridized carbons (Fsp3) is 0.524. The molecule has 1 aliphatic heterocycles. The number of hydrogen-bond donors (Lipinski definition) is 0. The lowest BCUT2D eigenvalue weighted by molar-refractivity contribution is -0.140. The van der Waals surface area contributed by atoms with Crippen molar-refractivity contribution < 1.29 is 9.59 Å². The Balaban J connectivity index is 1.95. The topological polar surface area (TPSA) is 45.6 Å². The number of piperazine rings is 1. The van der Waals surface area contributed by atoms with E-state index in [2.05, 4.69) is 32.9 Å². The summed E-state index contributed by atoms with van der Waals surface area (Å²) in [4.78, 5) is 29.7. The third kappa shape index (κ3) is 2.89. The minimum absolute atomic E-state index is 0.0471. The monoisotopic (exact) mass is 355 g/mol. The number of aryl methyl sites for hydroxylation is 3. The van der Waals surface area contributed by atoms with E-state index in [0.29, 0.717) is 24.7 Å². The molecule has 0 N–H and O–H groups in total. The summed E-state index contributed by atoms with van der Waals surface area (Å²) >= 11 is 0. The van der Waals surface area contributed by atoms with Gasteiger partial charge in [-0.3, -0.25) is 9.59 Å². The molecular formula is C21H29N3O2. The van der Waals surface area contributed by atoms with Crippen LogP contribution in [0.3, 0.4) is 0 Å². The van der Waals surface area contributed by atoms with Crippen molar-refractivity contribution in [1.82, 2.24) is 14.4 Å². The van der Waals surface area contributed by atoms with Crippen molar-refractivity contribution in [3.63, 3.8) is 0 Å². The van der Waals surface area contributed by atoms with Crippen LogP contribution in [0.25, 0.3) is 10.9 Å². The van der Waals surface area contributed by atoms with Gasteiger partial charge in [0.05, 0.1) is 5.52 Å². The zero-order valence-electron chi connectivity index (χ0n) is 16.7. The van der Waals surface area contributed by atoms with Crippen molar-refractivity contribution in [3.8, 4) is 0 Å². The lowest BCUT2D eigenvalue weighted by Gasteiger charge is -2.40. The van der Waals surface area contributed by atoms with Gasteiger partial charge in [-0.25, -0.2) is 0 Å². The van der Waals surface area contributed by atoms with Gasteiger partial charge in [-0.2, -0.15) is 0 Å². The molecule has 0 unspecified atom stereocenters. The number of nitrogens with zero attached hydrogens (tertiary/aromatic N) is 3. The minimum atomic E-state index is -0.423. The second kappa shape index (κ2) is 6.78. The highest BCUT2D eigenvalue weighted by Crippen LogP contribution is 2.29. The quantitative estimate of drug-likeness (QED) is 0.849. The number of hydrogen-bond acceptors (Lipinski definition) is 2. The van der Waals surface area contributed by atoms with Gasteiger partial charge >= 0.3 is 0 Å². The predicted octanol–water partition coefficient (Wildman–Crippen LogP) is 3.12. The van der Waals surface area contributed by atoms with Gasteiger partial charge in [-0.1, -0.05) is 32.0 Å². The zero-order chi connectivity index (χ0) is 19.2. The van der Waals surface area contributed by atoms with E-state index in [1.165, 1.54) is 0 Å². The standard InChI is InChI=1S/C21H29N3O2/c1-13(2)12-23-10-11-24(16(5)20(23)25)21(26)19-15(4)17-9-7-8-14(3)18(17)22(19)6/h7-9,13,16H,10-12H2,1-6H3/t16-/m1/s1. The number of aromatic nitrogens is 1. The summed E-state index contributed by atoms with van der Waals surface area (Å²) in [6, 6.07) is 5.72. The van der Waals surface area contributed by atoms with Gasteiger partial charge in [0.15, 0.2) is 0 Å². The molecule has 1 saturated heterocycles. The lowest BCUT2D eigenvalue weighted by Crippen LogP contribution is -2.58. The van der Waals surface area contributed by atoms with Crippen molar-refractivity contribution in [2.24, 2.45) is 13.0 Å². The maximum absolute atomic E-state index is 13.3. The number of carbonyl (C=O) groups is 2. The molecule has 0 aliphatic carbocycles. The van der Waals surface area contributed by atoms with Crippen LogP contribution < -0.4 is 0 Å². The summed E-state index contributed by atoms with van der Waals surface area (Å²) in [5.41, 5.74) is 3.91. The highest BCUT2D eigenvalue weighted by Gasteiger charge is 2.36. The smallest absolute Gasteiger partial charge is 0.271 e. The highest BCUT2D eigenvalue weighted by atomic mass is 16.2. The first-order chi connectivity index (χ1) is 12.2. The summed E-state index contributed by atoms with van der Waals surface area (Å²) in [6.45, 7) is 12.1. The van der Waals surface area contributed by atoms with Gasteiger partial charge in [-0.15, -0.1) is 0 Å². The Morgan fingerprint density at radius 1 is 1.23 bits per heavy atom. The molecule has 0 bridgehead atoms. The molecule has 0 saturated carbocycles. The molecule has 2 aromatic rings. The first kappa shape index (κ1) is 18.5. The Bertz CT molecular complexity index is 866. The van der Waals surface area contributed by atoms with Gasteiger partial charge < -0.3 is 14.4 Å². The third-order valence-corrected chi connectivity index (χ3v) is 5.46. The Kier molecular flexibility index (Phi) is 4.82. The van der Waals surface area contributed by atoms with Crippen LogP contribution in [0.2, 0.25) is 0 Å². The molecule has 1 aliphatic rings. The van der Waals surface area contributed by atoms with Crippen LogP contribution in [0, 0.1) is 19.8 Å². The van der Waals surface area contributed by atoms with E-state index in [1.807, 2.05) is 36.4 Å². The molecule has 0 spiro atoms. The number of amides is 2. The van der Waals surface area contributed by atoms with Crippen LogP contribution in [0.1, 0.15) is 42.4 Å².